The standard InChI is InChI=1S/C12H24N3O.Sr.H/c1-4-8-15(9-7-14-10(2)16)11-5-6-12(11,3)13;;/h11H,2,4-9,13H2,1,3H3,(H,14,16);;/q-1;+2;-1/t11?,12-;;/m0../s1. The van der Waals surface area contributed by atoms with Crippen molar-refractivity contribution < 1.29 is 6.22 Å². The molecular formula is C12H25N3OSr. The molecule has 1 aliphatic carbocycles. The molecule has 0 aromatic carbocycles. The molecule has 1 aliphatic rings. The van der Waals surface area contributed by atoms with E-state index in [0.717, 1.165) is 25.9 Å². The summed E-state index contributed by atoms with van der Waals surface area (Å²) in [6, 6.07) is 0.467. The Bertz CT molecular complexity index is 251. The number of nitrogens with zero attached hydrogens (tertiary/aromatic N) is 1. The van der Waals surface area contributed by atoms with E-state index in [1.165, 1.54) is 6.42 Å². The second-order valence-electron chi connectivity index (χ2n) is 4.95. The van der Waals surface area contributed by atoms with E-state index in [9.17, 15) is 4.79 Å². The maximum absolute atomic E-state index is 10.7. The van der Waals surface area contributed by atoms with Crippen LogP contribution >= 0.6 is 0 Å². The third-order valence-electron chi connectivity index (χ3n) is 3.39. The number of rotatable bonds is 6. The Kier molecular flexibility index (Phi) is 8.37. The maximum Gasteiger partial charge on any atom is 2.00 e. The predicted molar refractivity (Wildman–Crippen MR) is 72.7 cm³/mol. The van der Waals surface area contributed by atoms with Gasteiger partial charge in [-0.25, -0.2) is 0 Å². The molecule has 3 N–H and O–H groups in total. The summed E-state index contributed by atoms with van der Waals surface area (Å²) >= 11 is 0. The van der Waals surface area contributed by atoms with Crippen LogP contribution in [0.2, 0.25) is 0 Å². The molecule has 0 aromatic heterocycles. The number of hydrogen-bond acceptors (Lipinski definition) is 3. The Morgan fingerprint density at radius 3 is 2.65 bits per heavy atom. The molecule has 5 heteroatoms. The molecular weight excluding hydrogens is 290 g/mol. The normalized spacial score (nSPS) is 27.2. The molecule has 96 valence electrons. The summed E-state index contributed by atoms with van der Waals surface area (Å²) in [6.45, 7) is 10.2. The van der Waals surface area contributed by atoms with Gasteiger partial charge in [0.05, 0.1) is 5.91 Å². The molecule has 1 amide bonds. The van der Waals surface area contributed by atoms with Gasteiger partial charge in [0, 0.05) is 24.7 Å². The molecule has 0 aromatic rings. The van der Waals surface area contributed by atoms with E-state index in [1.807, 2.05) is 0 Å². The minimum atomic E-state index is -0.208. The fraction of sp³-hybridized carbons (Fsp3) is 0.833. The van der Waals surface area contributed by atoms with Gasteiger partial charge in [-0.1, -0.05) is 6.92 Å². The molecule has 0 heterocycles. The molecule has 0 spiro atoms. The molecule has 1 fully saturated rings. The van der Waals surface area contributed by atoms with Gasteiger partial charge >= 0.3 is 45.5 Å². The Balaban J connectivity index is 0. The Labute approximate surface area is 143 Å². The smallest absolute Gasteiger partial charge is 1.00 e. The van der Waals surface area contributed by atoms with Gasteiger partial charge in [-0.05, 0) is 32.7 Å². The first-order chi connectivity index (χ1) is 7.47. The zero-order valence-corrected chi connectivity index (χ0v) is 14.6. The van der Waals surface area contributed by atoms with Gasteiger partial charge in [-0.2, -0.15) is 0 Å². The SMILES string of the molecule is [CH2-]C(=O)NCCN(CCC)C1CC[C@]1(C)N.[H-].[Sr+2]. The number of hydrogen-bond donors (Lipinski definition) is 2. The predicted octanol–water partition coefficient (Wildman–Crippen LogP) is 0.260. The van der Waals surface area contributed by atoms with Crippen LogP contribution in [-0.4, -0.2) is 87.5 Å². The zero-order valence-electron chi connectivity index (χ0n) is 12.2. The van der Waals surface area contributed by atoms with Crippen molar-refractivity contribution >= 4 is 51.4 Å². The van der Waals surface area contributed by atoms with Crippen LogP contribution in [0, 0.1) is 6.92 Å². The van der Waals surface area contributed by atoms with Gasteiger partial charge in [0.15, 0.2) is 0 Å². The third-order valence-corrected chi connectivity index (χ3v) is 3.39. The number of carbonyl (C=O) groups is 1. The van der Waals surface area contributed by atoms with E-state index in [4.69, 9.17) is 5.73 Å². The average molecular weight is 315 g/mol. The van der Waals surface area contributed by atoms with Crippen LogP contribution in [0.4, 0.5) is 0 Å². The van der Waals surface area contributed by atoms with E-state index >= 15 is 0 Å². The van der Waals surface area contributed by atoms with Gasteiger partial charge in [-0.15, -0.1) is 0 Å². The van der Waals surface area contributed by atoms with Gasteiger partial charge in [-0.3, -0.25) is 4.90 Å². The Morgan fingerprint density at radius 2 is 2.29 bits per heavy atom. The second kappa shape index (κ2) is 8.02. The van der Waals surface area contributed by atoms with Crippen molar-refractivity contribution in [3.05, 3.63) is 6.92 Å². The van der Waals surface area contributed by atoms with E-state index in [2.05, 4.69) is 31.0 Å². The van der Waals surface area contributed by atoms with E-state index < -0.39 is 0 Å². The van der Waals surface area contributed by atoms with Crippen LogP contribution in [0.25, 0.3) is 0 Å². The van der Waals surface area contributed by atoms with Crippen molar-refractivity contribution in [1.29, 1.82) is 0 Å². The van der Waals surface area contributed by atoms with Gasteiger partial charge in [0.1, 0.15) is 0 Å². The van der Waals surface area contributed by atoms with E-state index in [-0.39, 0.29) is 58.4 Å². The number of nitrogens with two attached hydrogens (primary N) is 1. The van der Waals surface area contributed by atoms with Crippen molar-refractivity contribution in [2.75, 3.05) is 19.6 Å². The summed E-state index contributed by atoms with van der Waals surface area (Å²) in [4.78, 5) is 13.1. The number of nitrogens with one attached hydrogen (secondary N) is 1. The summed E-state index contributed by atoms with van der Waals surface area (Å²) in [5.41, 5.74) is 6.14. The van der Waals surface area contributed by atoms with Crippen molar-refractivity contribution in [1.82, 2.24) is 10.2 Å². The monoisotopic (exact) mass is 315 g/mol. The van der Waals surface area contributed by atoms with Gasteiger partial charge in [0.2, 0.25) is 0 Å². The molecule has 1 saturated carbocycles. The Hall–Kier alpha value is 0.741. The minimum absolute atomic E-state index is 0. The van der Waals surface area contributed by atoms with Crippen LogP contribution < -0.4 is 11.1 Å². The molecule has 1 unspecified atom stereocenters. The summed E-state index contributed by atoms with van der Waals surface area (Å²) in [5, 5.41) is 2.73. The van der Waals surface area contributed by atoms with Gasteiger partial charge in [0.25, 0.3) is 0 Å². The molecule has 2 atom stereocenters. The number of amides is 1. The summed E-state index contributed by atoms with van der Waals surface area (Å²) < 4.78 is 0. The van der Waals surface area contributed by atoms with Crippen LogP contribution in [0.1, 0.15) is 34.5 Å². The average Bonchev–Trinajstić information content (AvgIpc) is 2.16. The van der Waals surface area contributed by atoms with Crippen LogP contribution in [0.15, 0.2) is 0 Å². The molecule has 0 aliphatic heterocycles. The second-order valence-corrected chi connectivity index (χ2v) is 4.95. The topological polar surface area (TPSA) is 58.4 Å². The summed E-state index contributed by atoms with van der Waals surface area (Å²) in [6.07, 6.45) is 3.38. The van der Waals surface area contributed by atoms with Crippen molar-refractivity contribution in [2.45, 2.75) is 44.7 Å². The van der Waals surface area contributed by atoms with E-state index in [0.29, 0.717) is 12.6 Å². The van der Waals surface area contributed by atoms with Crippen molar-refractivity contribution in [2.24, 2.45) is 5.73 Å². The summed E-state index contributed by atoms with van der Waals surface area (Å²) in [7, 11) is 0. The van der Waals surface area contributed by atoms with E-state index in [1.54, 1.807) is 0 Å². The quantitative estimate of drug-likeness (QED) is 0.546. The van der Waals surface area contributed by atoms with Crippen molar-refractivity contribution in [3.63, 3.8) is 0 Å². The first-order valence-corrected chi connectivity index (χ1v) is 6.10. The number of carbonyl (C=O) groups excluding carboxylic acids is 1. The largest absolute Gasteiger partial charge is 2.00 e. The molecule has 0 saturated heterocycles. The van der Waals surface area contributed by atoms with Crippen molar-refractivity contribution in [3.8, 4) is 0 Å². The zero-order chi connectivity index (χ0) is 12.2. The van der Waals surface area contributed by atoms with Crippen LogP contribution in [0.3, 0.4) is 0 Å². The van der Waals surface area contributed by atoms with Crippen LogP contribution in [0.5, 0.6) is 0 Å². The molecule has 17 heavy (non-hydrogen) atoms. The molecule has 0 radical (unpaired) electrons. The van der Waals surface area contributed by atoms with Crippen LogP contribution in [-0.2, 0) is 4.79 Å². The summed E-state index contributed by atoms with van der Waals surface area (Å²) in [5.74, 6) is -0.208. The third kappa shape index (κ3) is 5.49. The molecule has 1 rings (SSSR count). The Morgan fingerprint density at radius 1 is 1.65 bits per heavy atom. The molecule has 0 bridgehead atoms. The first-order valence-electron chi connectivity index (χ1n) is 6.10. The maximum atomic E-state index is 10.7. The fourth-order valence-electron chi connectivity index (χ4n) is 2.38. The fourth-order valence-corrected chi connectivity index (χ4v) is 2.38. The molecule has 4 nitrogen and oxygen atoms in total. The minimum Gasteiger partial charge on any atom is -1.00 e. The first kappa shape index (κ1) is 17.7. The van der Waals surface area contributed by atoms with Gasteiger partial charge < -0.3 is 24.2 Å².